The summed E-state index contributed by atoms with van der Waals surface area (Å²) in [5.41, 5.74) is 3.84. The topological polar surface area (TPSA) is 57.6 Å². The van der Waals surface area contributed by atoms with Crippen LogP contribution in [0.1, 0.15) is 54.6 Å². The Morgan fingerprint density at radius 3 is 2.20 bits per heavy atom. The summed E-state index contributed by atoms with van der Waals surface area (Å²) in [6.45, 7) is 8.32. The van der Waals surface area contributed by atoms with E-state index in [0.29, 0.717) is 11.1 Å². The number of aliphatic hydroxyl groups is 1. The number of rotatable bonds is 4. The fourth-order valence-electron chi connectivity index (χ4n) is 4.29. The van der Waals surface area contributed by atoms with Crippen LogP contribution in [-0.4, -0.2) is 21.7 Å². The molecular weight excluding hydrogens is 509 g/mol. The number of aryl methyl sites for hydroxylation is 1. The van der Waals surface area contributed by atoms with E-state index in [1.807, 2.05) is 31.2 Å². The van der Waals surface area contributed by atoms with Gasteiger partial charge in [-0.25, -0.2) is 4.39 Å². The number of hydrogen-bond acceptors (Lipinski definition) is 3. The van der Waals surface area contributed by atoms with Crippen molar-refractivity contribution in [2.45, 2.75) is 45.7 Å². The first-order valence-electron chi connectivity index (χ1n) is 11.4. The van der Waals surface area contributed by atoms with Gasteiger partial charge in [0.2, 0.25) is 0 Å². The van der Waals surface area contributed by atoms with Crippen LogP contribution in [0.3, 0.4) is 0 Å². The van der Waals surface area contributed by atoms with E-state index < -0.39 is 17.7 Å². The molecule has 4 rings (SSSR count). The van der Waals surface area contributed by atoms with Gasteiger partial charge in [0.15, 0.2) is 0 Å². The predicted molar refractivity (Wildman–Crippen MR) is 138 cm³/mol. The summed E-state index contributed by atoms with van der Waals surface area (Å²) in [6.07, 6.45) is 0. The van der Waals surface area contributed by atoms with Crippen molar-refractivity contribution < 1.29 is 19.1 Å². The molecule has 4 nitrogen and oxygen atoms in total. The number of aliphatic hydroxyl groups excluding tert-OH is 1. The second-order valence-corrected chi connectivity index (χ2v) is 10.7. The molecule has 1 N–H and O–H groups in total. The van der Waals surface area contributed by atoms with Crippen molar-refractivity contribution in [1.82, 2.24) is 4.90 Å². The molecule has 6 heteroatoms. The molecule has 1 aliphatic rings. The molecule has 3 aromatic carbocycles. The fraction of sp³-hybridized carbons (Fsp3) is 0.241. The zero-order valence-electron chi connectivity index (χ0n) is 20.1. The molecule has 0 bridgehead atoms. The van der Waals surface area contributed by atoms with Gasteiger partial charge in [-0.1, -0.05) is 79.2 Å². The standard InChI is InChI=1S/C29H27BrFNO3/c1-17-15-20(9-14-23(17)30)26(33)24-25(19-7-10-21(11-8-19)29(2,3)4)32(28(35)27(24)34)16-18-5-12-22(31)13-6-18/h5-15,25,33H,16H2,1-4H3/b26-24-. The SMILES string of the molecule is Cc1cc(/C(O)=C2/C(=O)C(=O)N(Cc3ccc(F)cc3)C2c2ccc(C(C)(C)C)cc2)ccc1Br. The molecular formula is C29H27BrFNO3. The molecule has 0 aromatic heterocycles. The highest BCUT2D eigenvalue weighted by molar-refractivity contribution is 9.10. The molecule has 0 saturated carbocycles. The van der Waals surface area contributed by atoms with Gasteiger partial charge in [0.1, 0.15) is 11.6 Å². The molecule has 1 unspecified atom stereocenters. The second-order valence-electron chi connectivity index (χ2n) is 9.89. The van der Waals surface area contributed by atoms with Crippen molar-refractivity contribution in [1.29, 1.82) is 0 Å². The summed E-state index contributed by atoms with van der Waals surface area (Å²) >= 11 is 3.45. The molecule has 35 heavy (non-hydrogen) atoms. The number of hydrogen-bond donors (Lipinski definition) is 1. The van der Waals surface area contributed by atoms with E-state index in [4.69, 9.17) is 0 Å². The number of likely N-dealkylation sites (tertiary alicyclic amines) is 1. The van der Waals surface area contributed by atoms with E-state index in [1.54, 1.807) is 30.3 Å². The summed E-state index contributed by atoms with van der Waals surface area (Å²) in [7, 11) is 0. The van der Waals surface area contributed by atoms with Crippen LogP contribution in [0.2, 0.25) is 0 Å². The number of benzene rings is 3. The van der Waals surface area contributed by atoms with Gasteiger partial charge in [0, 0.05) is 16.6 Å². The molecule has 1 saturated heterocycles. The number of ketones is 1. The van der Waals surface area contributed by atoms with Gasteiger partial charge in [-0.15, -0.1) is 0 Å². The lowest BCUT2D eigenvalue weighted by atomic mass is 9.85. The fourth-order valence-corrected chi connectivity index (χ4v) is 4.54. The summed E-state index contributed by atoms with van der Waals surface area (Å²) < 4.78 is 14.3. The van der Waals surface area contributed by atoms with Crippen LogP contribution in [0.15, 0.2) is 76.8 Å². The number of amides is 1. The van der Waals surface area contributed by atoms with Crippen molar-refractivity contribution in [3.05, 3.63) is 110 Å². The first kappa shape index (κ1) is 24.9. The van der Waals surface area contributed by atoms with Gasteiger partial charge >= 0.3 is 0 Å². The van der Waals surface area contributed by atoms with E-state index in [2.05, 4.69) is 36.7 Å². The third-order valence-corrected chi connectivity index (χ3v) is 7.22. The molecule has 3 aromatic rings. The Kier molecular flexibility index (Phi) is 6.69. The van der Waals surface area contributed by atoms with Gasteiger partial charge in [0.25, 0.3) is 11.7 Å². The minimum atomic E-state index is -0.780. The van der Waals surface area contributed by atoms with Crippen LogP contribution in [0.25, 0.3) is 5.76 Å². The quantitative estimate of drug-likeness (QED) is 0.226. The minimum Gasteiger partial charge on any atom is -0.507 e. The third-order valence-electron chi connectivity index (χ3n) is 6.33. The molecule has 1 amide bonds. The minimum absolute atomic E-state index is 0.0438. The van der Waals surface area contributed by atoms with Crippen LogP contribution in [-0.2, 0) is 21.5 Å². The first-order valence-corrected chi connectivity index (χ1v) is 12.2. The predicted octanol–water partition coefficient (Wildman–Crippen LogP) is 6.82. The average Bonchev–Trinajstić information content (AvgIpc) is 3.06. The van der Waals surface area contributed by atoms with Crippen LogP contribution in [0.4, 0.5) is 4.39 Å². The highest BCUT2D eigenvalue weighted by atomic mass is 79.9. The van der Waals surface area contributed by atoms with Gasteiger partial charge < -0.3 is 10.0 Å². The summed E-state index contributed by atoms with van der Waals surface area (Å²) in [5.74, 6) is -2.04. The van der Waals surface area contributed by atoms with Gasteiger partial charge in [0.05, 0.1) is 11.6 Å². The van der Waals surface area contributed by atoms with E-state index >= 15 is 0 Å². The number of nitrogens with zero attached hydrogens (tertiary/aromatic N) is 1. The van der Waals surface area contributed by atoms with Crippen LogP contribution >= 0.6 is 15.9 Å². The largest absolute Gasteiger partial charge is 0.507 e. The maximum absolute atomic E-state index is 13.5. The normalized spacial score (nSPS) is 17.8. The van der Waals surface area contributed by atoms with Crippen LogP contribution in [0.5, 0.6) is 0 Å². The Hall–Kier alpha value is -3.25. The molecule has 0 aliphatic carbocycles. The molecule has 180 valence electrons. The first-order chi connectivity index (χ1) is 16.5. The lowest BCUT2D eigenvalue weighted by Gasteiger charge is -2.26. The smallest absolute Gasteiger partial charge is 0.295 e. The zero-order chi connectivity index (χ0) is 25.5. The molecule has 1 heterocycles. The van der Waals surface area contributed by atoms with Gasteiger partial charge in [-0.05, 0) is 58.9 Å². The van der Waals surface area contributed by atoms with E-state index in [-0.39, 0.29) is 29.1 Å². The zero-order valence-corrected chi connectivity index (χ0v) is 21.7. The molecule has 0 radical (unpaired) electrons. The summed E-state index contributed by atoms with van der Waals surface area (Å²) in [5, 5.41) is 11.3. The van der Waals surface area contributed by atoms with Crippen molar-refractivity contribution >= 4 is 33.4 Å². The maximum Gasteiger partial charge on any atom is 0.295 e. The van der Waals surface area contributed by atoms with Gasteiger partial charge in [-0.2, -0.15) is 0 Å². The Balaban J connectivity index is 1.86. The average molecular weight is 536 g/mol. The van der Waals surface area contributed by atoms with Crippen LogP contribution < -0.4 is 0 Å². The Labute approximate surface area is 213 Å². The molecule has 1 aliphatic heterocycles. The Bertz CT molecular complexity index is 1320. The maximum atomic E-state index is 13.5. The highest BCUT2D eigenvalue weighted by Crippen LogP contribution is 2.41. The monoisotopic (exact) mass is 535 g/mol. The third kappa shape index (κ3) is 4.94. The van der Waals surface area contributed by atoms with E-state index in [0.717, 1.165) is 21.2 Å². The van der Waals surface area contributed by atoms with Crippen molar-refractivity contribution in [3.63, 3.8) is 0 Å². The second kappa shape index (κ2) is 9.42. The summed E-state index contributed by atoms with van der Waals surface area (Å²) in [6, 6.07) is 18.1. The highest BCUT2D eigenvalue weighted by Gasteiger charge is 2.46. The summed E-state index contributed by atoms with van der Waals surface area (Å²) in [4.78, 5) is 27.9. The van der Waals surface area contributed by atoms with Crippen LogP contribution in [0, 0.1) is 12.7 Å². The molecule has 1 atom stereocenters. The Morgan fingerprint density at radius 2 is 1.63 bits per heavy atom. The van der Waals surface area contributed by atoms with Crippen molar-refractivity contribution in [3.8, 4) is 0 Å². The van der Waals surface area contributed by atoms with Crippen molar-refractivity contribution in [2.75, 3.05) is 0 Å². The number of carbonyl (C=O) groups is 2. The van der Waals surface area contributed by atoms with E-state index in [1.165, 1.54) is 17.0 Å². The number of Topliss-reactive ketones (excluding diaryl/α,β-unsaturated/α-hetero) is 1. The number of carbonyl (C=O) groups excluding carboxylic acids is 2. The molecule has 1 fully saturated rings. The lowest BCUT2D eigenvalue weighted by Crippen LogP contribution is -2.29. The van der Waals surface area contributed by atoms with Gasteiger partial charge in [-0.3, -0.25) is 9.59 Å². The van der Waals surface area contributed by atoms with Crippen molar-refractivity contribution in [2.24, 2.45) is 0 Å². The van der Waals surface area contributed by atoms with E-state index in [9.17, 15) is 19.1 Å². The molecule has 0 spiro atoms. The number of halogens is 2. The Morgan fingerprint density at radius 1 is 1.00 bits per heavy atom. The lowest BCUT2D eigenvalue weighted by molar-refractivity contribution is -0.140.